The van der Waals surface area contributed by atoms with Crippen molar-refractivity contribution in [2.75, 3.05) is 37.6 Å². The topological polar surface area (TPSA) is 76.4 Å². The number of piperazine rings is 2. The molecule has 0 saturated carbocycles. The van der Waals surface area contributed by atoms with Crippen molar-refractivity contribution in [3.8, 4) is 17.5 Å². The van der Waals surface area contributed by atoms with Crippen LogP contribution in [0, 0.1) is 11.5 Å². The Morgan fingerprint density at radius 1 is 1.15 bits per heavy atom. The molecule has 132 valence electrons. The number of anilines is 1. The van der Waals surface area contributed by atoms with Crippen LogP contribution < -0.4 is 4.90 Å². The molecule has 7 nitrogen and oxygen atoms in total. The molecule has 2 fully saturated rings. The fourth-order valence-corrected chi connectivity index (χ4v) is 3.65. The summed E-state index contributed by atoms with van der Waals surface area (Å²) in [6.07, 6.45) is 3.61. The van der Waals surface area contributed by atoms with Crippen molar-refractivity contribution >= 4 is 23.3 Å². The van der Waals surface area contributed by atoms with E-state index in [0.717, 1.165) is 24.3 Å². The van der Waals surface area contributed by atoms with Crippen LogP contribution in [0.3, 0.4) is 0 Å². The van der Waals surface area contributed by atoms with Gasteiger partial charge in [0.05, 0.1) is 12.2 Å². The average molecular weight is 369 g/mol. The van der Waals surface area contributed by atoms with Gasteiger partial charge in [-0.25, -0.2) is 9.97 Å². The van der Waals surface area contributed by atoms with E-state index in [2.05, 4.69) is 21.1 Å². The number of hydrogen-bond acceptors (Lipinski definition) is 6. The Labute approximate surface area is 156 Å². The summed E-state index contributed by atoms with van der Waals surface area (Å²) in [6.45, 7) is 3.18. The highest BCUT2D eigenvalue weighted by Gasteiger charge is 2.39. The highest BCUT2D eigenvalue weighted by atomic mass is 35.5. The fraction of sp³-hybridized carbons (Fsp3) is 0.333. The quantitative estimate of drug-likeness (QED) is 0.749. The molecular weight excluding hydrogens is 352 g/mol. The van der Waals surface area contributed by atoms with Gasteiger partial charge in [0.2, 0.25) is 5.91 Å². The van der Waals surface area contributed by atoms with Gasteiger partial charge in [0.15, 0.2) is 6.19 Å². The molecule has 0 N–H and O–H groups in total. The summed E-state index contributed by atoms with van der Waals surface area (Å²) >= 11 is 6.07. The number of nitrogens with zero attached hydrogens (tertiary/aromatic N) is 6. The van der Waals surface area contributed by atoms with Crippen LogP contribution in [0.4, 0.5) is 5.82 Å². The zero-order chi connectivity index (χ0) is 18.1. The Balaban J connectivity index is 1.61. The molecule has 1 aromatic carbocycles. The van der Waals surface area contributed by atoms with Crippen molar-refractivity contribution in [3.05, 3.63) is 41.7 Å². The van der Waals surface area contributed by atoms with E-state index in [1.807, 2.05) is 24.3 Å². The molecular formula is C18H17ClN6O. The smallest absolute Gasteiger partial charge is 0.247 e. The molecule has 0 aliphatic carbocycles. The summed E-state index contributed by atoms with van der Waals surface area (Å²) in [5, 5.41) is 9.77. The van der Waals surface area contributed by atoms with E-state index in [-0.39, 0.29) is 11.9 Å². The lowest BCUT2D eigenvalue weighted by Gasteiger charge is -2.44. The molecule has 26 heavy (non-hydrogen) atoms. The minimum absolute atomic E-state index is 0.0213. The predicted octanol–water partition coefficient (Wildman–Crippen LogP) is 1.61. The van der Waals surface area contributed by atoms with Crippen molar-refractivity contribution in [2.45, 2.75) is 6.04 Å². The second kappa shape index (κ2) is 6.90. The van der Waals surface area contributed by atoms with E-state index in [1.165, 1.54) is 6.33 Å². The number of carbonyl (C=O) groups excluding carboxylic acids is 1. The molecule has 2 aromatic rings. The van der Waals surface area contributed by atoms with Gasteiger partial charge in [-0.3, -0.25) is 14.6 Å². The Morgan fingerprint density at radius 2 is 2.00 bits per heavy atom. The third kappa shape index (κ3) is 3.09. The van der Waals surface area contributed by atoms with Gasteiger partial charge >= 0.3 is 0 Å². The van der Waals surface area contributed by atoms with Gasteiger partial charge < -0.3 is 4.90 Å². The van der Waals surface area contributed by atoms with E-state index in [4.69, 9.17) is 16.9 Å². The predicted molar refractivity (Wildman–Crippen MR) is 97.4 cm³/mol. The van der Waals surface area contributed by atoms with Crippen LogP contribution in [0.5, 0.6) is 0 Å². The Morgan fingerprint density at radius 3 is 2.81 bits per heavy atom. The van der Waals surface area contributed by atoms with Gasteiger partial charge in [-0.2, -0.15) is 5.26 Å². The fourth-order valence-electron chi connectivity index (χ4n) is 3.46. The monoisotopic (exact) mass is 368 g/mol. The molecule has 4 rings (SSSR count). The number of hydrogen-bond donors (Lipinski definition) is 0. The largest absolute Gasteiger partial charge is 0.307 e. The average Bonchev–Trinajstić information content (AvgIpc) is 2.68. The molecule has 3 heterocycles. The minimum Gasteiger partial charge on any atom is -0.307 e. The molecule has 1 atom stereocenters. The lowest BCUT2D eigenvalue weighted by Crippen LogP contribution is -2.64. The van der Waals surface area contributed by atoms with Gasteiger partial charge in [-0.1, -0.05) is 23.7 Å². The van der Waals surface area contributed by atoms with Crippen molar-refractivity contribution in [3.63, 3.8) is 0 Å². The van der Waals surface area contributed by atoms with Crippen molar-refractivity contribution in [1.82, 2.24) is 19.8 Å². The lowest BCUT2D eigenvalue weighted by atomic mass is 10.1. The van der Waals surface area contributed by atoms with Crippen LogP contribution >= 0.6 is 11.6 Å². The van der Waals surface area contributed by atoms with E-state index >= 15 is 0 Å². The number of halogens is 1. The summed E-state index contributed by atoms with van der Waals surface area (Å²) in [5.41, 5.74) is 1.59. The number of benzene rings is 1. The number of rotatable bonds is 2. The SMILES string of the molecule is N#CN1CCN2CCN(c3cc(-c4cccc(Cl)c4)ncn3)C(=O)C2C1. The zero-order valence-electron chi connectivity index (χ0n) is 14.0. The standard InChI is InChI=1S/C18H17ClN6O/c19-14-3-1-2-13(8-14)15-9-17(22-12-21-15)25-7-6-24-5-4-23(11-20)10-16(24)18(25)26/h1-3,8-9,12,16H,4-7,10H2. The second-order valence-electron chi connectivity index (χ2n) is 6.36. The van der Waals surface area contributed by atoms with Gasteiger partial charge in [-0.15, -0.1) is 0 Å². The first-order valence-corrected chi connectivity index (χ1v) is 8.81. The van der Waals surface area contributed by atoms with Crippen LogP contribution in [0.2, 0.25) is 5.02 Å². The summed E-state index contributed by atoms with van der Waals surface area (Å²) in [6, 6.07) is 8.93. The van der Waals surface area contributed by atoms with Crippen LogP contribution in [0.15, 0.2) is 36.7 Å². The maximum atomic E-state index is 13.0. The van der Waals surface area contributed by atoms with Crippen LogP contribution in [-0.2, 0) is 4.79 Å². The third-order valence-corrected chi connectivity index (χ3v) is 5.08. The molecule has 8 heteroatoms. The molecule has 1 amide bonds. The highest BCUT2D eigenvalue weighted by molar-refractivity contribution is 6.30. The number of aromatic nitrogens is 2. The molecule has 2 saturated heterocycles. The molecule has 1 aromatic heterocycles. The van der Waals surface area contributed by atoms with E-state index in [0.29, 0.717) is 30.5 Å². The molecule has 2 aliphatic rings. The van der Waals surface area contributed by atoms with E-state index in [9.17, 15) is 4.79 Å². The van der Waals surface area contributed by atoms with Gasteiger partial charge in [0, 0.05) is 42.8 Å². The van der Waals surface area contributed by atoms with E-state index < -0.39 is 0 Å². The maximum Gasteiger partial charge on any atom is 0.247 e. The van der Waals surface area contributed by atoms with Crippen molar-refractivity contribution in [2.24, 2.45) is 0 Å². The summed E-state index contributed by atoms with van der Waals surface area (Å²) < 4.78 is 0. The molecule has 0 spiro atoms. The minimum atomic E-state index is -0.304. The normalized spacial score (nSPS) is 20.6. The zero-order valence-corrected chi connectivity index (χ0v) is 14.8. The van der Waals surface area contributed by atoms with E-state index in [1.54, 1.807) is 15.9 Å². The maximum absolute atomic E-state index is 13.0. The van der Waals surface area contributed by atoms with Crippen LogP contribution in [-0.4, -0.2) is 64.4 Å². The first kappa shape index (κ1) is 16.8. The van der Waals surface area contributed by atoms with Crippen molar-refractivity contribution < 1.29 is 4.79 Å². The molecule has 2 aliphatic heterocycles. The van der Waals surface area contributed by atoms with Gasteiger partial charge in [0.25, 0.3) is 0 Å². The Kier molecular flexibility index (Phi) is 4.45. The third-order valence-electron chi connectivity index (χ3n) is 4.84. The van der Waals surface area contributed by atoms with Crippen LogP contribution in [0.1, 0.15) is 0 Å². The Bertz CT molecular complexity index is 882. The van der Waals surface area contributed by atoms with Crippen molar-refractivity contribution in [1.29, 1.82) is 5.26 Å². The highest BCUT2D eigenvalue weighted by Crippen LogP contribution is 2.26. The molecule has 0 bridgehead atoms. The lowest BCUT2D eigenvalue weighted by molar-refractivity contribution is -0.127. The first-order valence-electron chi connectivity index (χ1n) is 8.44. The number of nitriles is 1. The summed E-state index contributed by atoms with van der Waals surface area (Å²) in [7, 11) is 0. The second-order valence-corrected chi connectivity index (χ2v) is 6.80. The molecule has 0 radical (unpaired) electrons. The van der Waals surface area contributed by atoms with Crippen LogP contribution in [0.25, 0.3) is 11.3 Å². The van der Waals surface area contributed by atoms with Gasteiger partial charge in [-0.05, 0) is 12.1 Å². The number of carbonyl (C=O) groups is 1. The summed E-state index contributed by atoms with van der Waals surface area (Å²) in [5.74, 6) is 0.556. The molecule has 1 unspecified atom stereocenters. The first-order chi connectivity index (χ1) is 12.7. The number of fused-ring (bicyclic) bond motifs is 1. The summed E-state index contributed by atoms with van der Waals surface area (Å²) in [4.78, 5) is 27.1. The number of amides is 1. The Hall–Kier alpha value is -2.69. The van der Waals surface area contributed by atoms with Gasteiger partial charge in [0.1, 0.15) is 18.2 Å².